The van der Waals surface area contributed by atoms with Crippen LogP contribution in [-0.4, -0.2) is 23.9 Å². The van der Waals surface area contributed by atoms with Gasteiger partial charge in [-0.2, -0.15) is 0 Å². The molecule has 3 nitrogen and oxygen atoms in total. The second kappa shape index (κ2) is 7.68. The van der Waals surface area contributed by atoms with Gasteiger partial charge in [0.2, 0.25) is 5.91 Å². The molecule has 108 valence electrons. The van der Waals surface area contributed by atoms with E-state index in [1.807, 2.05) is 13.8 Å². The number of benzene rings is 1. The van der Waals surface area contributed by atoms with Crippen molar-refractivity contribution in [3.8, 4) is 0 Å². The third kappa shape index (κ3) is 4.97. The van der Waals surface area contributed by atoms with Crippen molar-refractivity contribution >= 4 is 29.9 Å². The Hall–Kier alpha value is -0.840. The van der Waals surface area contributed by atoms with E-state index in [2.05, 4.69) is 0 Å². The van der Waals surface area contributed by atoms with E-state index in [1.165, 1.54) is 17.0 Å². The van der Waals surface area contributed by atoms with Crippen LogP contribution in [-0.2, 0) is 11.3 Å². The molecule has 0 spiro atoms. The topological polar surface area (TPSA) is 46.3 Å². The lowest BCUT2D eigenvalue weighted by atomic mass is 10.0. The highest BCUT2D eigenvalue weighted by Gasteiger charge is 2.21. The first kappa shape index (κ1) is 18.2. The third-order valence-electron chi connectivity index (χ3n) is 2.80. The minimum atomic E-state index is -0.533. The van der Waals surface area contributed by atoms with Crippen molar-refractivity contribution in [1.29, 1.82) is 0 Å². The molecule has 19 heavy (non-hydrogen) atoms. The number of hydrogen-bond acceptors (Lipinski definition) is 2. The molecule has 0 saturated carbocycles. The third-order valence-corrected chi connectivity index (χ3v) is 3.15. The predicted octanol–water partition coefficient (Wildman–Crippen LogP) is 2.84. The molecule has 1 aromatic rings. The molecule has 0 aromatic heterocycles. The van der Waals surface area contributed by atoms with Crippen molar-refractivity contribution in [2.24, 2.45) is 11.7 Å². The summed E-state index contributed by atoms with van der Waals surface area (Å²) in [5, 5.41) is 0.313. The molecule has 1 aromatic carbocycles. The number of rotatable bonds is 4. The zero-order valence-corrected chi connectivity index (χ0v) is 12.8. The Balaban J connectivity index is 0.00000324. The van der Waals surface area contributed by atoms with Crippen molar-refractivity contribution in [3.05, 3.63) is 34.6 Å². The lowest BCUT2D eigenvalue weighted by molar-refractivity contribution is -0.132. The largest absolute Gasteiger partial charge is 0.340 e. The molecule has 0 fully saturated rings. The van der Waals surface area contributed by atoms with E-state index >= 15 is 0 Å². The summed E-state index contributed by atoms with van der Waals surface area (Å²) in [6.07, 6.45) is 0. The SMILES string of the molecule is CC(C)C(N)C(=O)N(C)Cc1ccc(F)cc1Cl.Cl. The zero-order chi connectivity index (χ0) is 13.9. The maximum absolute atomic E-state index is 12.9. The van der Waals surface area contributed by atoms with Crippen LogP contribution in [0.5, 0.6) is 0 Å². The molecule has 1 amide bonds. The van der Waals surface area contributed by atoms with Gasteiger partial charge in [0.25, 0.3) is 0 Å². The van der Waals surface area contributed by atoms with E-state index in [0.29, 0.717) is 17.1 Å². The van der Waals surface area contributed by atoms with Crippen molar-refractivity contribution in [1.82, 2.24) is 4.90 Å². The number of likely N-dealkylation sites (N-methyl/N-ethyl adjacent to an activating group) is 1. The van der Waals surface area contributed by atoms with Crippen molar-refractivity contribution < 1.29 is 9.18 Å². The Bertz CT molecular complexity index is 441. The Morgan fingerprint density at radius 1 is 1.47 bits per heavy atom. The van der Waals surface area contributed by atoms with Gasteiger partial charge in [-0.3, -0.25) is 4.79 Å². The first-order valence-electron chi connectivity index (χ1n) is 5.77. The normalized spacial score (nSPS) is 11.9. The van der Waals surface area contributed by atoms with Crippen molar-refractivity contribution in [2.45, 2.75) is 26.4 Å². The number of nitrogens with zero attached hydrogens (tertiary/aromatic N) is 1. The summed E-state index contributed by atoms with van der Waals surface area (Å²) in [4.78, 5) is 13.5. The maximum atomic E-state index is 12.9. The van der Waals surface area contributed by atoms with E-state index in [1.54, 1.807) is 13.1 Å². The molecule has 0 aliphatic carbocycles. The fourth-order valence-corrected chi connectivity index (χ4v) is 1.75. The number of nitrogens with two attached hydrogens (primary N) is 1. The van der Waals surface area contributed by atoms with Gasteiger partial charge < -0.3 is 10.6 Å². The molecule has 0 bridgehead atoms. The highest BCUT2D eigenvalue weighted by molar-refractivity contribution is 6.31. The molecule has 0 heterocycles. The number of hydrogen-bond donors (Lipinski definition) is 1. The number of carbonyl (C=O) groups excluding carboxylic acids is 1. The fourth-order valence-electron chi connectivity index (χ4n) is 1.52. The van der Waals surface area contributed by atoms with Gasteiger partial charge in [-0.25, -0.2) is 4.39 Å². The first-order chi connectivity index (χ1) is 8.32. The lowest BCUT2D eigenvalue weighted by Gasteiger charge is -2.23. The van der Waals surface area contributed by atoms with Gasteiger partial charge in [0, 0.05) is 18.6 Å². The van der Waals surface area contributed by atoms with Crippen LogP contribution in [0.4, 0.5) is 4.39 Å². The Morgan fingerprint density at radius 2 is 2.05 bits per heavy atom. The molecular formula is C13H19Cl2FN2O. The summed E-state index contributed by atoms with van der Waals surface area (Å²) >= 11 is 5.91. The Labute approximate surface area is 124 Å². The summed E-state index contributed by atoms with van der Waals surface area (Å²) in [6.45, 7) is 4.10. The summed E-state index contributed by atoms with van der Waals surface area (Å²) in [6, 6.07) is 3.59. The summed E-state index contributed by atoms with van der Waals surface area (Å²) in [5.74, 6) is -0.467. The van der Waals surface area contributed by atoms with E-state index in [4.69, 9.17) is 17.3 Å². The molecule has 1 atom stereocenters. The van der Waals surface area contributed by atoms with Gasteiger partial charge in [-0.1, -0.05) is 31.5 Å². The molecule has 6 heteroatoms. The van der Waals surface area contributed by atoms with Crippen LogP contribution in [0.3, 0.4) is 0 Å². The summed E-state index contributed by atoms with van der Waals surface area (Å²) in [7, 11) is 1.66. The molecule has 1 unspecified atom stereocenters. The standard InChI is InChI=1S/C13H18ClFN2O.ClH/c1-8(2)12(16)13(18)17(3)7-9-4-5-10(15)6-11(9)14;/h4-6,8,12H,7,16H2,1-3H3;1H. The molecule has 2 N–H and O–H groups in total. The van der Waals surface area contributed by atoms with Gasteiger partial charge in [0.1, 0.15) is 5.82 Å². The van der Waals surface area contributed by atoms with E-state index in [0.717, 1.165) is 0 Å². The predicted molar refractivity (Wildman–Crippen MR) is 77.9 cm³/mol. The summed E-state index contributed by atoms with van der Waals surface area (Å²) in [5.41, 5.74) is 6.49. The quantitative estimate of drug-likeness (QED) is 0.929. The minimum Gasteiger partial charge on any atom is -0.340 e. The van der Waals surface area contributed by atoms with Crippen LogP contribution in [0.15, 0.2) is 18.2 Å². The smallest absolute Gasteiger partial charge is 0.239 e. The van der Waals surface area contributed by atoms with Crippen LogP contribution in [0, 0.1) is 11.7 Å². The highest BCUT2D eigenvalue weighted by Crippen LogP contribution is 2.19. The summed E-state index contributed by atoms with van der Waals surface area (Å²) < 4.78 is 12.9. The van der Waals surface area contributed by atoms with Gasteiger partial charge >= 0.3 is 0 Å². The Kier molecular flexibility index (Phi) is 7.34. The lowest BCUT2D eigenvalue weighted by Crippen LogP contribution is -2.44. The number of halogens is 3. The van der Waals surface area contributed by atoms with Gasteiger partial charge in [-0.05, 0) is 23.6 Å². The molecule has 0 radical (unpaired) electrons. The molecular weight excluding hydrogens is 290 g/mol. The Morgan fingerprint density at radius 3 is 2.53 bits per heavy atom. The van der Waals surface area contributed by atoms with Gasteiger partial charge in [0.15, 0.2) is 0 Å². The van der Waals surface area contributed by atoms with Gasteiger partial charge in [-0.15, -0.1) is 12.4 Å². The monoisotopic (exact) mass is 308 g/mol. The van der Waals surface area contributed by atoms with Crippen LogP contribution < -0.4 is 5.73 Å². The van der Waals surface area contributed by atoms with E-state index in [9.17, 15) is 9.18 Å². The molecule has 0 aliphatic heterocycles. The minimum absolute atomic E-state index is 0. The average Bonchev–Trinajstić information content (AvgIpc) is 2.30. The molecule has 0 saturated heterocycles. The number of amides is 1. The first-order valence-corrected chi connectivity index (χ1v) is 6.15. The fraction of sp³-hybridized carbons (Fsp3) is 0.462. The van der Waals surface area contributed by atoms with Crippen LogP contribution in [0.1, 0.15) is 19.4 Å². The molecule has 0 aliphatic rings. The van der Waals surface area contributed by atoms with E-state index < -0.39 is 11.9 Å². The van der Waals surface area contributed by atoms with Crippen molar-refractivity contribution in [2.75, 3.05) is 7.05 Å². The maximum Gasteiger partial charge on any atom is 0.239 e. The van der Waals surface area contributed by atoms with Crippen LogP contribution in [0.25, 0.3) is 0 Å². The second-order valence-electron chi connectivity index (χ2n) is 4.70. The average molecular weight is 309 g/mol. The van der Waals surface area contributed by atoms with Crippen LogP contribution in [0.2, 0.25) is 5.02 Å². The number of carbonyl (C=O) groups is 1. The second-order valence-corrected chi connectivity index (χ2v) is 5.11. The van der Waals surface area contributed by atoms with Gasteiger partial charge in [0.05, 0.1) is 6.04 Å². The molecule has 1 rings (SSSR count). The van der Waals surface area contributed by atoms with Crippen molar-refractivity contribution in [3.63, 3.8) is 0 Å². The van der Waals surface area contributed by atoms with Crippen LogP contribution >= 0.6 is 24.0 Å². The zero-order valence-electron chi connectivity index (χ0n) is 11.2. The highest BCUT2D eigenvalue weighted by atomic mass is 35.5. The van der Waals surface area contributed by atoms with E-state index in [-0.39, 0.29) is 24.2 Å².